The van der Waals surface area contributed by atoms with E-state index in [4.69, 9.17) is 6.42 Å². The highest BCUT2D eigenvalue weighted by Gasteiger charge is 2.33. The second-order valence-corrected chi connectivity index (χ2v) is 3.80. The van der Waals surface area contributed by atoms with E-state index in [1.54, 1.807) is 14.0 Å². The fraction of sp³-hybridized carbons (Fsp3) is 0.636. The molecule has 0 saturated heterocycles. The van der Waals surface area contributed by atoms with Gasteiger partial charge in [-0.2, -0.15) is 0 Å². The van der Waals surface area contributed by atoms with Crippen molar-refractivity contribution in [1.29, 1.82) is 0 Å². The molecule has 1 saturated carbocycles. The van der Waals surface area contributed by atoms with Crippen molar-refractivity contribution in [2.24, 2.45) is 5.92 Å². The van der Waals surface area contributed by atoms with Crippen LogP contribution in [0.1, 0.15) is 19.8 Å². The zero-order chi connectivity index (χ0) is 11.4. The highest BCUT2D eigenvalue weighted by atomic mass is 16.2. The zero-order valence-electron chi connectivity index (χ0n) is 9.04. The Morgan fingerprint density at radius 3 is 2.47 bits per heavy atom. The molecule has 0 bridgehead atoms. The van der Waals surface area contributed by atoms with Gasteiger partial charge in [-0.25, -0.2) is 0 Å². The molecule has 0 aromatic rings. The number of likely N-dealkylation sites (N-methyl/N-ethyl adjacent to an activating group) is 1. The minimum atomic E-state index is -0.667. The molecule has 1 aliphatic carbocycles. The Balaban J connectivity index is 2.43. The van der Waals surface area contributed by atoms with Crippen LogP contribution in [-0.2, 0) is 9.59 Å². The number of terminal acetylenes is 1. The van der Waals surface area contributed by atoms with E-state index in [9.17, 15) is 9.59 Å². The Kier molecular flexibility index (Phi) is 3.87. The van der Waals surface area contributed by atoms with Gasteiger partial charge >= 0.3 is 0 Å². The monoisotopic (exact) mass is 208 g/mol. The fourth-order valence-electron chi connectivity index (χ4n) is 1.38. The first kappa shape index (κ1) is 11.7. The molecule has 82 valence electrons. The lowest BCUT2D eigenvalue weighted by atomic mass is 10.1. The van der Waals surface area contributed by atoms with E-state index < -0.39 is 12.1 Å². The number of hydrogen-bond donors (Lipinski definition) is 2. The van der Waals surface area contributed by atoms with Crippen LogP contribution in [0, 0.1) is 18.3 Å². The third-order valence-corrected chi connectivity index (χ3v) is 2.48. The van der Waals surface area contributed by atoms with Crippen LogP contribution >= 0.6 is 0 Å². The number of nitrogens with one attached hydrogen (secondary N) is 2. The van der Waals surface area contributed by atoms with Crippen LogP contribution in [0.5, 0.6) is 0 Å². The average molecular weight is 208 g/mol. The number of hydrogen-bond acceptors (Lipinski definition) is 3. The standard InChI is InChI=1S/C11H16N2O2/c1-4-9(12-3)11(15)13-7(2)10(14)8-5-6-8/h1,7-9,12H,5-6H2,2-3H3,(H,13,15)/t7-,9-/m0/s1. The Hall–Kier alpha value is -1.34. The van der Waals surface area contributed by atoms with Crippen LogP contribution in [0.4, 0.5) is 0 Å². The van der Waals surface area contributed by atoms with Crippen molar-refractivity contribution in [2.45, 2.75) is 31.8 Å². The summed E-state index contributed by atoms with van der Waals surface area (Å²) in [4.78, 5) is 23.0. The van der Waals surface area contributed by atoms with Crippen molar-refractivity contribution in [3.63, 3.8) is 0 Å². The maximum absolute atomic E-state index is 11.6. The number of ketones is 1. The van der Waals surface area contributed by atoms with Gasteiger partial charge in [0.25, 0.3) is 0 Å². The van der Waals surface area contributed by atoms with Crippen molar-refractivity contribution in [3.8, 4) is 12.3 Å². The summed E-state index contributed by atoms with van der Waals surface area (Å²) in [6, 6.07) is -1.10. The van der Waals surface area contributed by atoms with Gasteiger partial charge in [-0.3, -0.25) is 14.9 Å². The van der Waals surface area contributed by atoms with Gasteiger partial charge in [0, 0.05) is 5.92 Å². The predicted molar refractivity (Wildman–Crippen MR) is 57.0 cm³/mol. The van der Waals surface area contributed by atoms with Gasteiger partial charge in [0.1, 0.15) is 6.04 Å². The molecule has 0 unspecified atom stereocenters. The van der Waals surface area contributed by atoms with E-state index in [0.717, 1.165) is 12.8 Å². The van der Waals surface area contributed by atoms with Gasteiger partial charge in [0.05, 0.1) is 6.04 Å². The summed E-state index contributed by atoms with van der Waals surface area (Å²) in [6.45, 7) is 1.70. The summed E-state index contributed by atoms with van der Waals surface area (Å²) < 4.78 is 0. The molecule has 0 heterocycles. The second kappa shape index (κ2) is 4.94. The van der Waals surface area contributed by atoms with Crippen LogP contribution in [0.2, 0.25) is 0 Å². The quantitative estimate of drug-likeness (QED) is 0.609. The molecule has 1 aliphatic rings. The molecule has 0 aromatic heterocycles. The summed E-state index contributed by atoms with van der Waals surface area (Å²) in [5, 5.41) is 5.29. The van der Waals surface area contributed by atoms with Gasteiger partial charge in [0.2, 0.25) is 5.91 Å². The first-order valence-corrected chi connectivity index (χ1v) is 5.07. The van der Waals surface area contributed by atoms with E-state index in [2.05, 4.69) is 16.6 Å². The molecule has 4 heteroatoms. The molecule has 4 nitrogen and oxygen atoms in total. The fourth-order valence-corrected chi connectivity index (χ4v) is 1.38. The van der Waals surface area contributed by atoms with Gasteiger partial charge in [-0.05, 0) is 26.8 Å². The summed E-state index contributed by atoms with van der Waals surface area (Å²) in [5.74, 6) is 2.25. The number of carbonyl (C=O) groups excluding carboxylic acids is 2. The van der Waals surface area contributed by atoms with E-state index in [0.29, 0.717) is 0 Å². The Morgan fingerprint density at radius 1 is 1.47 bits per heavy atom. The SMILES string of the molecule is C#C[C@H](NC)C(=O)N[C@@H](C)C(=O)C1CC1. The molecule has 1 rings (SSSR count). The van der Waals surface area contributed by atoms with E-state index in [1.807, 2.05) is 0 Å². The lowest BCUT2D eigenvalue weighted by molar-refractivity contribution is -0.128. The van der Waals surface area contributed by atoms with Crippen molar-refractivity contribution >= 4 is 11.7 Å². The molecule has 1 fully saturated rings. The number of rotatable bonds is 5. The summed E-state index contributed by atoms with van der Waals surface area (Å²) in [7, 11) is 1.61. The third kappa shape index (κ3) is 3.07. The number of carbonyl (C=O) groups is 2. The highest BCUT2D eigenvalue weighted by molar-refractivity contribution is 5.93. The molecule has 0 radical (unpaired) electrons. The average Bonchev–Trinajstić information content (AvgIpc) is 3.01. The van der Waals surface area contributed by atoms with Crippen LogP contribution in [0.25, 0.3) is 0 Å². The molecule has 15 heavy (non-hydrogen) atoms. The summed E-state index contributed by atoms with van der Waals surface area (Å²) in [6.07, 6.45) is 7.05. The summed E-state index contributed by atoms with van der Waals surface area (Å²) in [5.41, 5.74) is 0. The minimum absolute atomic E-state index is 0.107. The first-order valence-electron chi connectivity index (χ1n) is 5.07. The Bertz CT molecular complexity index is 302. The van der Waals surface area contributed by atoms with E-state index in [-0.39, 0.29) is 17.6 Å². The minimum Gasteiger partial charge on any atom is -0.344 e. The van der Waals surface area contributed by atoms with Gasteiger partial charge in [-0.1, -0.05) is 5.92 Å². The Morgan fingerprint density at radius 2 is 2.07 bits per heavy atom. The van der Waals surface area contributed by atoms with Crippen molar-refractivity contribution in [2.75, 3.05) is 7.05 Å². The van der Waals surface area contributed by atoms with Crippen LogP contribution < -0.4 is 10.6 Å². The van der Waals surface area contributed by atoms with E-state index in [1.165, 1.54) is 0 Å². The normalized spacial score (nSPS) is 18.7. The van der Waals surface area contributed by atoms with Crippen LogP contribution in [0.15, 0.2) is 0 Å². The second-order valence-electron chi connectivity index (χ2n) is 3.80. The Labute approximate surface area is 89.8 Å². The summed E-state index contributed by atoms with van der Waals surface area (Å²) >= 11 is 0. The number of Topliss-reactive ketones (excluding diaryl/α,β-unsaturated/α-hetero) is 1. The van der Waals surface area contributed by atoms with Gasteiger partial charge in [0.15, 0.2) is 5.78 Å². The van der Waals surface area contributed by atoms with Crippen LogP contribution in [0.3, 0.4) is 0 Å². The highest BCUT2D eigenvalue weighted by Crippen LogP contribution is 2.30. The van der Waals surface area contributed by atoms with Crippen molar-refractivity contribution in [3.05, 3.63) is 0 Å². The maximum Gasteiger partial charge on any atom is 0.250 e. The molecular formula is C11H16N2O2. The number of amides is 1. The lowest BCUT2D eigenvalue weighted by Gasteiger charge is -2.15. The molecular weight excluding hydrogens is 192 g/mol. The third-order valence-electron chi connectivity index (χ3n) is 2.48. The lowest BCUT2D eigenvalue weighted by Crippen LogP contribution is -2.48. The maximum atomic E-state index is 11.6. The predicted octanol–water partition coefficient (Wildman–Crippen LogP) is -0.309. The van der Waals surface area contributed by atoms with Crippen molar-refractivity contribution in [1.82, 2.24) is 10.6 Å². The topological polar surface area (TPSA) is 58.2 Å². The largest absolute Gasteiger partial charge is 0.344 e. The molecule has 1 amide bonds. The molecule has 2 N–H and O–H groups in total. The zero-order valence-corrected chi connectivity index (χ0v) is 9.04. The van der Waals surface area contributed by atoms with Crippen molar-refractivity contribution < 1.29 is 9.59 Å². The molecule has 0 aliphatic heterocycles. The molecule has 0 aromatic carbocycles. The van der Waals surface area contributed by atoms with Crippen LogP contribution in [-0.4, -0.2) is 30.8 Å². The van der Waals surface area contributed by atoms with Gasteiger partial charge < -0.3 is 5.32 Å². The smallest absolute Gasteiger partial charge is 0.250 e. The molecule has 2 atom stereocenters. The van der Waals surface area contributed by atoms with E-state index >= 15 is 0 Å². The first-order chi connectivity index (χ1) is 7.10. The molecule has 0 spiro atoms. The van der Waals surface area contributed by atoms with Gasteiger partial charge in [-0.15, -0.1) is 6.42 Å².